The number of hydrogen-bond donors (Lipinski definition) is 6. The van der Waals surface area contributed by atoms with E-state index in [4.69, 9.17) is 58.6 Å². The monoisotopic (exact) mass is 814 g/mol. The van der Waals surface area contributed by atoms with Crippen molar-refractivity contribution in [3.8, 4) is 34.5 Å². The third kappa shape index (κ3) is 16.0. The summed E-state index contributed by atoms with van der Waals surface area (Å²) >= 11 is 0. The number of aromatic hydroxyl groups is 2. The topological polar surface area (TPSA) is 295 Å². The van der Waals surface area contributed by atoms with Gasteiger partial charge in [0.1, 0.15) is 77.5 Å². The zero-order valence-corrected chi connectivity index (χ0v) is 30.5. The van der Waals surface area contributed by atoms with Crippen LogP contribution in [-0.2, 0) is 19.2 Å². The number of carbonyl (C=O) groups excluding carboxylic acids is 4. The summed E-state index contributed by atoms with van der Waals surface area (Å²) < 4.78 is 24.5. The molecule has 18 heteroatoms. The third-order valence-electron chi connectivity index (χ3n) is 7.44. The number of hydrogen-bond acceptors (Lipinski definition) is 14. The molecule has 0 saturated carbocycles. The number of para-hydroxylation sites is 2. The number of phenols is 2. The number of rotatable bonds is 16. The lowest BCUT2D eigenvalue weighted by Gasteiger charge is -2.33. The van der Waals surface area contributed by atoms with Crippen molar-refractivity contribution in [2.75, 3.05) is 26.4 Å². The van der Waals surface area contributed by atoms with E-state index in [0.29, 0.717) is 35.1 Å². The van der Waals surface area contributed by atoms with Gasteiger partial charge in [-0.3, -0.25) is 0 Å². The van der Waals surface area contributed by atoms with Crippen LogP contribution in [0, 0.1) is 5.41 Å². The van der Waals surface area contributed by atoms with Crippen molar-refractivity contribution in [1.29, 1.82) is 0 Å². The van der Waals surface area contributed by atoms with Gasteiger partial charge in [0.25, 0.3) is 0 Å². The van der Waals surface area contributed by atoms with E-state index in [1.807, 2.05) is 60.7 Å². The molecule has 6 N–H and O–H groups in total. The maximum Gasteiger partial charge on any atom is 0.373 e. The molecule has 0 aliphatic rings. The van der Waals surface area contributed by atoms with Crippen molar-refractivity contribution in [1.82, 2.24) is 0 Å². The molecule has 0 spiro atoms. The first kappa shape index (κ1) is 46.7. The number of carboxylic acid groups (broad SMARTS) is 4. The largest absolute Gasteiger partial charge is 0.507 e. The second-order valence-electron chi connectivity index (χ2n) is 11.6. The Morgan fingerprint density at radius 2 is 0.678 bits per heavy atom. The minimum Gasteiger partial charge on any atom is -0.507 e. The van der Waals surface area contributed by atoms with Crippen molar-refractivity contribution in [3.05, 3.63) is 144 Å². The normalized spacial score (nSPS) is 9.76. The summed E-state index contributed by atoms with van der Waals surface area (Å²) in [6.07, 6.45) is 0.500. The first-order chi connectivity index (χ1) is 28.2. The maximum absolute atomic E-state index is 11.2. The van der Waals surface area contributed by atoms with Gasteiger partial charge in [-0.15, -0.1) is 0 Å². The predicted molar refractivity (Wildman–Crippen MR) is 198 cm³/mol. The molecule has 0 heterocycles. The van der Waals surface area contributed by atoms with Crippen molar-refractivity contribution in [2.24, 2.45) is 5.41 Å². The summed E-state index contributed by atoms with van der Waals surface area (Å²) in [4.78, 5) is 75.8. The standard InChI is InChI=1S/C31H28O8.C8H6O6.2CO2/c32-29(33)23-11-15-27(16-12-23)38-21-31(19-36-25-7-3-1-4-8-25,20-37-26-9-5-2-6-10-26)22-39-28-17-13-24(14-18-28)30(34)35;9-5-1-3(7(11)12)6(10)2-4(5)8(13)14;2*2-1-3/h1-18H,19-22H2,(H,32,33)(H,34,35);1-2,9-10H,(H,11,12)(H,13,14);;. The van der Waals surface area contributed by atoms with Crippen LogP contribution in [0.25, 0.3) is 0 Å². The van der Waals surface area contributed by atoms with Gasteiger partial charge in [-0.1, -0.05) is 36.4 Å². The zero-order chi connectivity index (χ0) is 43.8. The second kappa shape index (κ2) is 24.1. The fourth-order valence-corrected chi connectivity index (χ4v) is 4.54. The number of carbonyl (C=O) groups is 4. The summed E-state index contributed by atoms with van der Waals surface area (Å²) in [6.45, 7) is 0.577. The molecule has 0 bridgehead atoms. The summed E-state index contributed by atoms with van der Waals surface area (Å²) in [6, 6.07) is 32.3. The maximum atomic E-state index is 11.2. The van der Waals surface area contributed by atoms with Gasteiger partial charge in [0.2, 0.25) is 0 Å². The molecule has 0 aliphatic heterocycles. The Balaban J connectivity index is 0.000000497. The molecule has 0 fully saturated rings. The van der Waals surface area contributed by atoms with Crippen LogP contribution in [0.15, 0.2) is 121 Å². The molecular weight excluding hydrogens is 780 g/mol. The van der Waals surface area contributed by atoms with E-state index in [1.54, 1.807) is 24.3 Å². The smallest absolute Gasteiger partial charge is 0.373 e. The van der Waals surface area contributed by atoms with Crippen molar-refractivity contribution in [3.63, 3.8) is 0 Å². The highest BCUT2D eigenvalue weighted by Crippen LogP contribution is 2.28. The van der Waals surface area contributed by atoms with Gasteiger partial charge in [0.15, 0.2) is 0 Å². The van der Waals surface area contributed by atoms with E-state index in [2.05, 4.69) is 0 Å². The highest BCUT2D eigenvalue weighted by Gasteiger charge is 2.36. The number of carboxylic acids is 4. The number of ether oxygens (including phenoxy) is 4. The Kier molecular flexibility index (Phi) is 19.1. The SMILES string of the molecule is O=C(O)c1cc(O)c(C(=O)O)cc1O.O=C(O)c1ccc(OCC(COc2ccccc2)(COc2ccccc2)COc2ccc(C(=O)O)cc2)cc1.O=C=O.O=C=O. The van der Waals surface area contributed by atoms with Crippen LogP contribution in [0.1, 0.15) is 41.4 Å². The van der Waals surface area contributed by atoms with Crippen LogP contribution >= 0.6 is 0 Å². The van der Waals surface area contributed by atoms with Gasteiger partial charge in [0.05, 0.1) is 11.1 Å². The predicted octanol–water partition coefficient (Wildman–Crippen LogP) is 5.01. The lowest BCUT2D eigenvalue weighted by atomic mass is 9.92. The van der Waals surface area contributed by atoms with Crippen molar-refractivity contribution < 1.29 is 87.9 Å². The number of aromatic carboxylic acids is 4. The van der Waals surface area contributed by atoms with Gasteiger partial charge >= 0.3 is 36.2 Å². The minimum absolute atomic E-state index is 0.117. The molecule has 0 aromatic heterocycles. The quantitative estimate of drug-likeness (QED) is 0.0713. The van der Waals surface area contributed by atoms with E-state index in [-0.39, 0.29) is 49.9 Å². The highest BCUT2D eigenvalue weighted by atomic mass is 16.5. The summed E-state index contributed by atoms with van der Waals surface area (Å²) in [7, 11) is 0. The summed E-state index contributed by atoms with van der Waals surface area (Å²) in [5.41, 5.74) is -1.62. The van der Waals surface area contributed by atoms with Gasteiger partial charge < -0.3 is 49.6 Å². The average Bonchev–Trinajstić information content (AvgIpc) is 3.22. The van der Waals surface area contributed by atoms with Crippen molar-refractivity contribution >= 4 is 36.2 Å². The van der Waals surface area contributed by atoms with Gasteiger partial charge in [-0.25, -0.2) is 19.2 Å². The van der Waals surface area contributed by atoms with Crippen LogP contribution in [0.4, 0.5) is 0 Å². The number of benzene rings is 5. The molecule has 5 aromatic carbocycles. The molecule has 0 aliphatic carbocycles. The van der Waals surface area contributed by atoms with Gasteiger partial charge in [-0.2, -0.15) is 19.2 Å². The van der Waals surface area contributed by atoms with E-state index in [1.165, 1.54) is 24.3 Å². The van der Waals surface area contributed by atoms with E-state index in [9.17, 15) is 29.4 Å². The molecule has 0 radical (unpaired) electrons. The van der Waals surface area contributed by atoms with Crippen LogP contribution in [0.3, 0.4) is 0 Å². The lowest BCUT2D eigenvalue weighted by molar-refractivity contribution is -0.193. The summed E-state index contributed by atoms with van der Waals surface area (Å²) in [5.74, 6) is -4.05. The van der Waals surface area contributed by atoms with Crippen LogP contribution in [-0.4, -0.2) is 93.2 Å². The fourth-order valence-electron chi connectivity index (χ4n) is 4.54. The molecule has 5 aromatic rings. The van der Waals surface area contributed by atoms with Gasteiger partial charge in [-0.05, 0) is 84.9 Å². The fraction of sp³-hybridized carbons (Fsp3) is 0.122. The second-order valence-corrected chi connectivity index (χ2v) is 11.6. The van der Waals surface area contributed by atoms with E-state index >= 15 is 0 Å². The molecule has 0 unspecified atom stereocenters. The van der Waals surface area contributed by atoms with E-state index in [0.717, 1.165) is 0 Å². The Bertz CT molecular complexity index is 2030. The minimum atomic E-state index is -1.45. The average molecular weight is 815 g/mol. The first-order valence-electron chi connectivity index (χ1n) is 16.5. The van der Waals surface area contributed by atoms with E-state index < -0.39 is 51.9 Å². The van der Waals surface area contributed by atoms with Crippen molar-refractivity contribution in [2.45, 2.75) is 0 Å². The molecule has 5 rings (SSSR count). The molecule has 0 atom stereocenters. The Morgan fingerprint density at radius 1 is 0.424 bits per heavy atom. The zero-order valence-electron chi connectivity index (χ0n) is 30.5. The third-order valence-corrected chi connectivity index (χ3v) is 7.44. The molecular formula is C41H34O18. The van der Waals surface area contributed by atoms with Crippen LogP contribution in [0.5, 0.6) is 34.5 Å². The lowest BCUT2D eigenvalue weighted by Crippen LogP contribution is -2.45. The molecule has 59 heavy (non-hydrogen) atoms. The molecule has 0 amide bonds. The highest BCUT2D eigenvalue weighted by molar-refractivity contribution is 5.96. The Morgan fingerprint density at radius 3 is 0.915 bits per heavy atom. The van der Waals surface area contributed by atoms with Crippen LogP contribution < -0.4 is 18.9 Å². The summed E-state index contributed by atoms with van der Waals surface area (Å²) in [5, 5.41) is 53.5. The first-order valence-corrected chi connectivity index (χ1v) is 16.5. The Labute approximate surface area is 333 Å². The molecule has 0 saturated heterocycles. The van der Waals surface area contributed by atoms with Crippen LogP contribution in [0.2, 0.25) is 0 Å². The van der Waals surface area contributed by atoms with Gasteiger partial charge in [0, 0.05) is 0 Å². The Hall–Kier alpha value is -8.46. The molecule has 18 nitrogen and oxygen atoms in total. The molecule has 306 valence electrons.